The first-order valence-electron chi connectivity index (χ1n) is 17.9. The van der Waals surface area contributed by atoms with Crippen molar-refractivity contribution < 1.29 is 4.42 Å². The second-order valence-electron chi connectivity index (χ2n) is 14.2. The molecule has 0 atom stereocenters. The number of rotatable bonds is 5. The van der Waals surface area contributed by atoms with Gasteiger partial charge in [0.05, 0.1) is 0 Å². The average Bonchev–Trinajstić information content (AvgIpc) is 3.68. The number of benzene rings is 6. The fraction of sp³-hybridized carbons (Fsp3) is 0.0588. The van der Waals surface area contributed by atoms with E-state index >= 15 is 0 Å². The molecule has 0 radical (unpaired) electrons. The molecule has 1 heteroatoms. The Hall–Kier alpha value is -6.44. The van der Waals surface area contributed by atoms with E-state index in [1.54, 1.807) is 6.08 Å². The van der Waals surface area contributed by atoms with Gasteiger partial charge in [-0.25, -0.2) is 0 Å². The summed E-state index contributed by atoms with van der Waals surface area (Å²) < 4.78 is 6.62. The predicted octanol–water partition coefficient (Wildman–Crippen LogP) is 14.4. The van der Waals surface area contributed by atoms with Crippen molar-refractivity contribution in [3.8, 4) is 33.4 Å². The third-order valence-electron chi connectivity index (χ3n) is 10.8. The summed E-state index contributed by atoms with van der Waals surface area (Å²) in [6.07, 6.45) is 5.69. The van der Waals surface area contributed by atoms with Gasteiger partial charge < -0.3 is 4.42 Å². The molecule has 9 rings (SSSR count). The predicted molar refractivity (Wildman–Crippen MR) is 223 cm³/mol. The van der Waals surface area contributed by atoms with Gasteiger partial charge in [-0.1, -0.05) is 185 Å². The molecular weight excluding hydrogens is 629 g/mol. The van der Waals surface area contributed by atoms with Crippen LogP contribution in [-0.4, -0.2) is 0 Å². The topological polar surface area (TPSA) is 13.1 Å². The van der Waals surface area contributed by atoms with E-state index in [0.717, 1.165) is 27.9 Å². The number of furan rings is 1. The molecule has 1 heterocycles. The summed E-state index contributed by atoms with van der Waals surface area (Å²) in [5.41, 5.74) is 13.7. The summed E-state index contributed by atoms with van der Waals surface area (Å²) >= 11 is 0. The monoisotopic (exact) mass is 666 g/mol. The van der Waals surface area contributed by atoms with Crippen LogP contribution in [0.2, 0.25) is 0 Å². The minimum Gasteiger partial charge on any atom is -0.455 e. The second-order valence-corrected chi connectivity index (χ2v) is 14.2. The lowest BCUT2D eigenvalue weighted by Gasteiger charge is -2.24. The van der Waals surface area contributed by atoms with E-state index in [9.17, 15) is 0 Å². The Morgan fingerprint density at radius 2 is 1.15 bits per heavy atom. The van der Waals surface area contributed by atoms with E-state index < -0.39 is 0 Å². The number of para-hydroxylation sites is 1. The lowest BCUT2D eigenvalue weighted by Crippen LogP contribution is -2.15. The SMILES string of the molecule is C=C/C=C\C(=C)c1ccc(-c2ccccccc(-c3ccc4c(c3)C(C)(C)c3c-4c4c5ccccc5oc4c4ccccc34)c3ccccc23)cc1. The molecule has 0 unspecified atom stereocenters. The van der Waals surface area contributed by atoms with Gasteiger partial charge >= 0.3 is 0 Å². The van der Waals surface area contributed by atoms with Crippen LogP contribution < -0.4 is 0 Å². The lowest BCUT2D eigenvalue weighted by molar-refractivity contribution is 0.664. The van der Waals surface area contributed by atoms with Gasteiger partial charge in [-0.05, 0) is 83.9 Å². The highest BCUT2D eigenvalue weighted by molar-refractivity contribution is 6.24. The van der Waals surface area contributed by atoms with Crippen molar-refractivity contribution in [2.75, 3.05) is 0 Å². The van der Waals surface area contributed by atoms with Crippen LogP contribution in [0.3, 0.4) is 0 Å². The normalized spacial score (nSPS) is 13.0. The van der Waals surface area contributed by atoms with Gasteiger partial charge in [0, 0.05) is 21.6 Å². The minimum absolute atomic E-state index is 0.237. The number of hydrogen-bond acceptors (Lipinski definition) is 1. The number of fused-ring (bicyclic) bond motifs is 11. The maximum Gasteiger partial charge on any atom is 0.143 e. The van der Waals surface area contributed by atoms with Crippen LogP contribution in [0.25, 0.3) is 82.4 Å². The van der Waals surface area contributed by atoms with Gasteiger partial charge in [0.2, 0.25) is 0 Å². The van der Waals surface area contributed by atoms with E-state index in [-0.39, 0.29) is 5.41 Å². The third kappa shape index (κ3) is 4.93. The number of allylic oxidation sites excluding steroid dienone is 4. The summed E-state index contributed by atoms with van der Waals surface area (Å²) in [5, 5.41) is 7.18. The molecule has 1 nitrogen and oxygen atoms in total. The third-order valence-corrected chi connectivity index (χ3v) is 10.8. The summed E-state index contributed by atoms with van der Waals surface area (Å²) in [6.45, 7) is 12.8. The van der Waals surface area contributed by atoms with Crippen molar-refractivity contribution in [2.24, 2.45) is 0 Å². The van der Waals surface area contributed by atoms with Crippen LogP contribution in [0.15, 0.2) is 187 Å². The highest BCUT2D eigenvalue weighted by Gasteiger charge is 2.39. The molecule has 0 aliphatic heterocycles. The average molecular weight is 667 g/mol. The standard InChI is InChI=1S/C51H38O/c1-5-6-17-33(2)34-26-28-35(29-27-34)37-18-9-7-8-10-19-38(40-21-12-11-20-39(37)40)36-30-31-43-45(32-36)51(3,4)49-41-22-13-14-23-42(41)50-48(47(43)49)44-24-15-16-25-46(44)52-50/h5-32H,1-2H2,3-4H3/b8-7?,9-7?,10-8?,17-6-,18-9?,19-10?,37-18?,38-19?,39-37?,40-38?. The van der Waals surface area contributed by atoms with Crippen LogP contribution in [0.1, 0.15) is 30.5 Å². The van der Waals surface area contributed by atoms with Gasteiger partial charge in [-0.2, -0.15) is 0 Å². The zero-order valence-electron chi connectivity index (χ0n) is 29.5. The van der Waals surface area contributed by atoms with Crippen molar-refractivity contribution in [2.45, 2.75) is 19.3 Å². The largest absolute Gasteiger partial charge is 0.455 e. The van der Waals surface area contributed by atoms with Gasteiger partial charge in [-0.15, -0.1) is 0 Å². The molecule has 0 N–H and O–H groups in total. The molecule has 1 aromatic heterocycles. The molecule has 0 fully saturated rings. The highest BCUT2D eigenvalue weighted by atomic mass is 16.3. The summed E-state index contributed by atoms with van der Waals surface area (Å²) in [4.78, 5) is 0. The fourth-order valence-electron chi connectivity index (χ4n) is 8.35. The Morgan fingerprint density at radius 3 is 1.85 bits per heavy atom. The van der Waals surface area contributed by atoms with Crippen LogP contribution in [-0.2, 0) is 5.41 Å². The van der Waals surface area contributed by atoms with Crippen molar-refractivity contribution in [1.82, 2.24) is 0 Å². The zero-order chi connectivity index (χ0) is 35.4. The fourth-order valence-corrected chi connectivity index (χ4v) is 8.35. The van der Waals surface area contributed by atoms with E-state index in [1.807, 2.05) is 12.2 Å². The van der Waals surface area contributed by atoms with Crippen molar-refractivity contribution in [3.63, 3.8) is 0 Å². The van der Waals surface area contributed by atoms with Crippen molar-refractivity contribution in [1.29, 1.82) is 0 Å². The van der Waals surface area contributed by atoms with Crippen LogP contribution in [0.5, 0.6) is 0 Å². The quantitative estimate of drug-likeness (QED) is 0.167. The smallest absolute Gasteiger partial charge is 0.143 e. The van der Waals surface area contributed by atoms with E-state index in [0.29, 0.717) is 0 Å². The molecule has 0 bridgehead atoms. The van der Waals surface area contributed by atoms with Crippen molar-refractivity contribution >= 4 is 49.1 Å². The maximum absolute atomic E-state index is 6.62. The molecule has 52 heavy (non-hydrogen) atoms. The molecule has 0 amide bonds. The van der Waals surface area contributed by atoms with Gasteiger partial charge in [-0.3, -0.25) is 0 Å². The van der Waals surface area contributed by atoms with Gasteiger partial charge in [0.15, 0.2) is 0 Å². The summed E-state index contributed by atoms with van der Waals surface area (Å²) in [7, 11) is 0. The van der Waals surface area contributed by atoms with Crippen LogP contribution in [0, 0.1) is 0 Å². The Kier molecular flexibility index (Phi) is 7.52. The first-order valence-corrected chi connectivity index (χ1v) is 17.9. The molecule has 0 saturated carbocycles. The second kappa shape index (κ2) is 12.4. The Balaban J connectivity index is 1.28. The molecule has 8 aromatic rings. The zero-order valence-corrected chi connectivity index (χ0v) is 29.5. The Morgan fingerprint density at radius 1 is 0.577 bits per heavy atom. The molecule has 7 aromatic carbocycles. The molecule has 0 spiro atoms. The molecule has 248 valence electrons. The Bertz CT molecular complexity index is 2840. The highest BCUT2D eigenvalue weighted by Crippen LogP contribution is 2.56. The summed E-state index contributed by atoms with van der Waals surface area (Å²) in [6, 6.07) is 54.8. The molecule has 0 saturated heterocycles. The van der Waals surface area contributed by atoms with Crippen molar-refractivity contribution in [3.05, 3.63) is 200 Å². The molecule has 1 aliphatic rings. The van der Waals surface area contributed by atoms with E-state index in [4.69, 9.17) is 4.42 Å². The lowest BCUT2D eigenvalue weighted by atomic mass is 9.79. The first-order chi connectivity index (χ1) is 25.5. The number of hydrogen-bond donors (Lipinski definition) is 0. The summed E-state index contributed by atoms with van der Waals surface area (Å²) in [5.74, 6) is 0. The maximum atomic E-state index is 6.62. The minimum atomic E-state index is -0.237. The molecular formula is C51H38O. The van der Waals surface area contributed by atoms with E-state index in [1.165, 1.54) is 71.3 Å². The first kappa shape index (κ1) is 31.5. The van der Waals surface area contributed by atoms with Crippen LogP contribution in [0.4, 0.5) is 0 Å². The van der Waals surface area contributed by atoms with Crippen LogP contribution >= 0.6 is 0 Å². The van der Waals surface area contributed by atoms with Gasteiger partial charge in [0.25, 0.3) is 0 Å². The van der Waals surface area contributed by atoms with E-state index in [2.05, 4.69) is 179 Å². The Labute approximate surface area is 304 Å². The van der Waals surface area contributed by atoms with Gasteiger partial charge in [0.1, 0.15) is 11.2 Å². The molecule has 1 aliphatic carbocycles.